The summed E-state index contributed by atoms with van der Waals surface area (Å²) in [7, 11) is 0. The smallest absolute Gasteiger partial charge is 0.252 e. The highest BCUT2D eigenvalue weighted by molar-refractivity contribution is 5.96. The van der Waals surface area contributed by atoms with Crippen molar-refractivity contribution in [2.75, 3.05) is 19.6 Å². The first-order valence-electron chi connectivity index (χ1n) is 8.95. The van der Waals surface area contributed by atoms with Gasteiger partial charge in [0.1, 0.15) is 0 Å². The maximum atomic E-state index is 12.3. The van der Waals surface area contributed by atoms with Crippen molar-refractivity contribution in [1.82, 2.24) is 25.0 Å². The molecule has 1 saturated heterocycles. The number of carbonyl (C=O) groups is 2. The van der Waals surface area contributed by atoms with Crippen molar-refractivity contribution in [2.24, 2.45) is 0 Å². The van der Waals surface area contributed by atoms with Gasteiger partial charge in [-0.3, -0.25) is 9.59 Å². The summed E-state index contributed by atoms with van der Waals surface area (Å²) in [6, 6.07) is 2.02. The van der Waals surface area contributed by atoms with Gasteiger partial charge in [-0.05, 0) is 32.8 Å². The molecule has 1 N–H and O–H groups in total. The maximum absolute atomic E-state index is 12.3. The molecule has 1 aliphatic heterocycles. The molecule has 3 heterocycles. The first kappa shape index (κ1) is 17.4. The largest absolute Gasteiger partial charge is 0.350 e. The lowest BCUT2D eigenvalue weighted by molar-refractivity contribution is -0.130. The van der Waals surface area contributed by atoms with E-state index in [0.29, 0.717) is 25.1 Å². The number of hydrogen-bond donors (Lipinski definition) is 1. The molecule has 0 radical (unpaired) electrons. The van der Waals surface area contributed by atoms with E-state index in [9.17, 15) is 9.59 Å². The third kappa shape index (κ3) is 3.97. The van der Waals surface area contributed by atoms with Gasteiger partial charge >= 0.3 is 0 Å². The maximum Gasteiger partial charge on any atom is 0.252 e. The van der Waals surface area contributed by atoms with Crippen LogP contribution in [-0.4, -0.2) is 51.1 Å². The third-order valence-electron chi connectivity index (χ3n) is 4.52. The first-order valence-corrected chi connectivity index (χ1v) is 8.95. The van der Waals surface area contributed by atoms with Crippen LogP contribution in [0.25, 0.3) is 11.0 Å². The van der Waals surface area contributed by atoms with Crippen LogP contribution in [0.1, 0.15) is 55.9 Å². The van der Waals surface area contributed by atoms with Crippen molar-refractivity contribution in [3.05, 3.63) is 24.0 Å². The number of amides is 2. The Morgan fingerprint density at radius 2 is 2.12 bits per heavy atom. The van der Waals surface area contributed by atoms with Crippen LogP contribution in [0.15, 0.2) is 18.5 Å². The van der Waals surface area contributed by atoms with Crippen LogP contribution in [0.4, 0.5) is 0 Å². The summed E-state index contributed by atoms with van der Waals surface area (Å²) in [6.07, 6.45) is 7.04. The van der Waals surface area contributed by atoms with Gasteiger partial charge < -0.3 is 10.2 Å². The van der Waals surface area contributed by atoms with Gasteiger partial charge in [0.05, 0.1) is 11.8 Å². The van der Waals surface area contributed by atoms with Crippen molar-refractivity contribution >= 4 is 22.8 Å². The standard InChI is InChI=1S/C18H25N5O2/c1-13(2)23-17-14(12-21-23)10-15(11-20-17)18(25)19-7-9-22-8-5-3-4-6-16(22)24/h10-13H,3-9H2,1-2H3,(H,19,25). The van der Waals surface area contributed by atoms with Crippen LogP contribution in [0.3, 0.4) is 0 Å². The number of pyridine rings is 1. The van der Waals surface area contributed by atoms with Crippen LogP contribution in [-0.2, 0) is 4.79 Å². The predicted molar refractivity (Wildman–Crippen MR) is 95.3 cm³/mol. The Kier molecular flexibility index (Phi) is 5.31. The van der Waals surface area contributed by atoms with Gasteiger partial charge in [-0.2, -0.15) is 5.10 Å². The zero-order valence-corrected chi connectivity index (χ0v) is 14.9. The molecule has 0 aromatic carbocycles. The van der Waals surface area contributed by atoms with Gasteiger partial charge in [-0.1, -0.05) is 6.42 Å². The van der Waals surface area contributed by atoms with Crippen LogP contribution >= 0.6 is 0 Å². The average molecular weight is 343 g/mol. The van der Waals surface area contributed by atoms with E-state index >= 15 is 0 Å². The molecule has 2 aromatic rings. The molecule has 3 rings (SSSR count). The number of carbonyl (C=O) groups excluding carboxylic acids is 2. The van der Waals surface area contributed by atoms with Gasteiger partial charge in [0, 0.05) is 43.7 Å². The Hall–Kier alpha value is -2.44. The molecule has 25 heavy (non-hydrogen) atoms. The number of nitrogens with one attached hydrogen (secondary N) is 1. The molecule has 2 amide bonds. The van der Waals surface area contributed by atoms with Gasteiger partial charge in [0.25, 0.3) is 5.91 Å². The molecule has 0 aliphatic carbocycles. The van der Waals surface area contributed by atoms with Crippen molar-refractivity contribution in [1.29, 1.82) is 0 Å². The van der Waals surface area contributed by atoms with Gasteiger partial charge in [-0.25, -0.2) is 9.67 Å². The van der Waals surface area contributed by atoms with E-state index in [-0.39, 0.29) is 17.9 Å². The van der Waals surface area contributed by atoms with Gasteiger partial charge in [-0.15, -0.1) is 0 Å². The minimum atomic E-state index is -0.172. The Bertz CT molecular complexity index is 768. The molecule has 1 fully saturated rings. The fourth-order valence-electron chi connectivity index (χ4n) is 3.12. The quantitative estimate of drug-likeness (QED) is 0.902. The summed E-state index contributed by atoms with van der Waals surface area (Å²) in [5.74, 6) is 0.0184. The average Bonchev–Trinajstić information content (AvgIpc) is 2.92. The van der Waals surface area contributed by atoms with Crippen molar-refractivity contribution in [3.8, 4) is 0 Å². The topological polar surface area (TPSA) is 80.1 Å². The highest BCUT2D eigenvalue weighted by Gasteiger charge is 2.17. The fourth-order valence-corrected chi connectivity index (χ4v) is 3.12. The van der Waals surface area contributed by atoms with Crippen molar-refractivity contribution < 1.29 is 9.59 Å². The minimum Gasteiger partial charge on any atom is -0.350 e. The number of nitrogens with zero attached hydrogens (tertiary/aromatic N) is 4. The van der Waals surface area contributed by atoms with E-state index in [2.05, 4.69) is 15.4 Å². The number of aromatic nitrogens is 3. The van der Waals surface area contributed by atoms with Gasteiger partial charge in [0.2, 0.25) is 5.91 Å². The summed E-state index contributed by atoms with van der Waals surface area (Å²) >= 11 is 0. The van der Waals surface area contributed by atoms with E-state index in [1.807, 2.05) is 23.4 Å². The second-order valence-corrected chi connectivity index (χ2v) is 6.77. The highest BCUT2D eigenvalue weighted by Crippen LogP contribution is 2.16. The highest BCUT2D eigenvalue weighted by atomic mass is 16.2. The summed E-state index contributed by atoms with van der Waals surface area (Å²) in [5.41, 5.74) is 1.29. The lowest BCUT2D eigenvalue weighted by atomic mass is 10.2. The minimum absolute atomic E-state index is 0.172. The lowest BCUT2D eigenvalue weighted by Crippen LogP contribution is -2.38. The zero-order chi connectivity index (χ0) is 17.8. The SMILES string of the molecule is CC(C)n1ncc2cc(C(=O)NCCN3CCCCCC3=O)cnc21. The molecule has 0 bridgehead atoms. The first-order chi connectivity index (χ1) is 12.1. The van der Waals surface area contributed by atoms with E-state index in [1.54, 1.807) is 18.5 Å². The molecule has 1 aliphatic rings. The molecular weight excluding hydrogens is 318 g/mol. The molecular formula is C18H25N5O2. The molecule has 7 nitrogen and oxygen atoms in total. The van der Waals surface area contributed by atoms with E-state index in [4.69, 9.17) is 0 Å². The lowest BCUT2D eigenvalue weighted by Gasteiger charge is -2.20. The van der Waals surface area contributed by atoms with Crippen LogP contribution in [0.2, 0.25) is 0 Å². The fraction of sp³-hybridized carbons (Fsp3) is 0.556. The Morgan fingerprint density at radius 3 is 2.92 bits per heavy atom. The number of rotatable bonds is 5. The number of likely N-dealkylation sites (tertiary alicyclic amines) is 1. The zero-order valence-electron chi connectivity index (χ0n) is 14.9. The molecule has 0 unspecified atom stereocenters. The summed E-state index contributed by atoms with van der Waals surface area (Å²) in [5, 5.41) is 8.05. The predicted octanol–water partition coefficient (Wildman–Crippen LogP) is 2.14. The third-order valence-corrected chi connectivity index (χ3v) is 4.52. The van der Waals surface area contributed by atoms with Crippen LogP contribution < -0.4 is 5.32 Å². The Balaban J connectivity index is 1.59. The normalized spacial score (nSPS) is 15.6. The molecule has 7 heteroatoms. The monoisotopic (exact) mass is 343 g/mol. The van der Waals surface area contributed by atoms with Crippen LogP contribution in [0, 0.1) is 0 Å². The molecule has 0 spiro atoms. The van der Waals surface area contributed by atoms with Gasteiger partial charge in [0.15, 0.2) is 5.65 Å². The summed E-state index contributed by atoms with van der Waals surface area (Å²) in [4.78, 5) is 30.5. The van der Waals surface area contributed by atoms with Crippen LogP contribution in [0.5, 0.6) is 0 Å². The molecule has 0 saturated carbocycles. The number of fused-ring (bicyclic) bond motifs is 1. The summed E-state index contributed by atoms with van der Waals surface area (Å²) < 4.78 is 1.84. The van der Waals surface area contributed by atoms with E-state index in [0.717, 1.165) is 36.8 Å². The molecule has 134 valence electrons. The number of hydrogen-bond acceptors (Lipinski definition) is 4. The Labute approximate surface area is 147 Å². The van der Waals surface area contributed by atoms with Crippen molar-refractivity contribution in [2.45, 2.75) is 45.6 Å². The molecule has 0 atom stereocenters. The molecule has 2 aromatic heterocycles. The Morgan fingerprint density at radius 1 is 1.28 bits per heavy atom. The second kappa shape index (κ2) is 7.63. The van der Waals surface area contributed by atoms with E-state index < -0.39 is 0 Å². The second-order valence-electron chi connectivity index (χ2n) is 6.77. The van der Waals surface area contributed by atoms with Crippen molar-refractivity contribution in [3.63, 3.8) is 0 Å². The van der Waals surface area contributed by atoms with E-state index in [1.165, 1.54) is 0 Å². The summed E-state index contributed by atoms with van der Waals surface area (Å²) in [6.45, 7) is 5.88.